The van der Waals surface area contributed by atoms with Crippen molar-refractivity contribution >= 4 is 17.7 Å². The monoisotopic (exact) mass is 263 g/mol. The Kier molecular flexibility index (Phi) is 4.54. The van der Waals surface area contributed by atoms with E-state index in [9.17, 15) is 4.79 Å². The third-order valence-corrected chi connectivity index (χ3v) is 3.17. The molecule has 6 heteroatoms. The van der Waals surface area contributed by atoms with E-state index in [4.69, 9.17) is 0 Å². The summed E-state index contributed by atoms with van der Waals surface area (Å²) in [6, 6.07) is 2.12. The lowest BCUT2D eigenvalue weighted by atomic mass is 10.1. The molecule has 0 aliphatic carbocycles. The number of piperidine rings is 1. The normalized spacial score (nSPS) is 19.4. The van der Waals surface area contributed by atoms with Gasteiger partial charge in [-0.1, -0.05) is 6.92 Å². The van der Waals surface area contributed by atoms with Crippen LogP contribution in [0.1, 0.15) is 26.2 Å². The highest BCUT2D eigenvalue weighted by Gasteiger charge is 2.22. The summed E-state index contributed by atoms with van der Waals surface area (Å²) in [4.78, 5) is 21.8. The van der Waals surface area contributed by atoms with Crippen LogP contribution >= 0.6 is 0 Å². The molecule has 0 aromatic carbocycles. The summed E-state index contributed by atoms with van der Waals surface area (Å²) in [7, 11) is 1.84. The number of hydrogen-bond donors (Lipinski definition) is 2. The van der Waals surface area contributed by atoms with Crippen molar-refractivity contribution in [2.75, 3.05) is 30.8 Å². The number of aromatic nitrogens is 2. The van der Waals surface area contributed by atoms with Crippen molar-refractivity contribution in [2.24, 2.45) is 0 Å². The van der Waals surface area contributed by atoms with Gasteiger partial charge in [0.15, 0.2) is 0 Å². The van der Waals surface area contributed by atoms with Gasteiger partial charge in [-0.15, -0.1) is 0 Å². The van der Waals surface area contributed by atoms with Gasteiger partial charge < -0.3 is 15.5 Å². The van der Waals surface area contributed by atoms with Gasteiger partial charge in [-0.25, -0.2) is 4.98 Å². The zero-order valence-corrected chi connectivity index (χ0v) is 11.5. The fourth-order valence-corrected chi connectivity index (χ4v) is 2.10. The van der Waals surface area contributed by atoms with E-state index < -0.39 is 0 Å². The fraction of sp³-hybridized carbons (Fsp3) is 0.615. The van der Waals surface area contributed by atoms with Gasteiger partial charge in [-0.05, 0) is 18.9 Å². The molecule has 2 N–H and O–H groups in total. The van der Waals surface area contributed by atoms with Crippen LogP contribution in [0.25, 0.3) is 0 Å². The first kappa shape index (κ1) is 13.6. The van der Waals surface area contributed by atoms with E-state index in [1.807, 2.05) is 13.1 Å². The maximum absolute atomic E-state index is 11.4. The lowest BCUT2D eigenvalue weighted by molar-refractivity contribution is -0.132. The van der Waals surface area contributed by atoms with E-state index in [2.05, 4.69) is 27.5 Å². The molecule has 1 aliphatic heterocycles. The molecule has 2 rings (SSSR count). The van der Waals surface area contributed by atoms with E-state index in [1.165, 1.54) is 0 Å². The Morgan fingerprint density at radius 3 is 3.11 bits per heavy atom. The van der Waals surface area contributed by atoms with E-state index in [0.717, 1.165) is 31.7 Å². The summed E-state index contributed by atoms with van der Waals surface area (Å²) in [5.41, 5.74) is 0. The van der Waals surface area contributed by atoms with E-state index in [0.29, 0.717) is 12.4 Å². The summed E-state index contributed by atoms with van der Waals surface area (Å²) in [6.45, 7) is 3.69. The van der Waals surface area contributed by atoms with Gasteiger partial charge in [-0.3, -0.25) is 4.79 Å². The minimum atomic E-state index is 0.214. The smallest absolute Gasteiger partial charge is 0.224 e. The highest BCUT2D eigenvalue weighted by atomic mass is 16.2. The molecule has 1 atom stereocenters. The zero-order chi connectivity index (χ0) is 13.7. The number of anilines is 2. The third kappa shape index (κ3) is 3.81. The molecule has 1 aromatic heterocycles. The number of hydrogen-bond acceptors (Lipinski definition) is 5. The number of carbonyl (C=O) groups is 1. The van der Waals surface area contributed by atoms with Crippen molar-refractivity contribution in [3.05, 3.63) is 12.3 Å². The first-order chi connectivity index (χ1) is 9.19. The van der Waals surface area contributed by atoms with Crippen LogP contribution in [-0.4, -0.2) is 47.0 Å². The summed E-state index contributed by atoms with van der Waals surface area (Å²) in [6.07, 6.45) is 4.23. The molecule has 1 amide bonds. The molecular formula is C13H21N5O. The number of amides is 1. The lowest BCUT2D eigenvalue weighted by Gasteiger charge is -2.30. The van der Waals surface area contributed by atoms with Crippen molar-refractivity contribution in [1.82, 2.24) is 14.9 Å². The van der Waals surface area contributed by atoms with Crippen LogP contribution in [0.2, 0.25) is 0 Å². The van der Waals surface area contributed by atoms with Gasteiger partial charge in [0, 0.05) is 38.8 Å². The number of carbonyl (C=O) groups excluding carboxylic acids is 1. The topological polar surface area (TPSA) is 70.2 Å². The second-order valence-corrected chi connectivity index (χ2v) is 4.85. The number of likely N-dealkylation sites (N-methyl/N-ethyl adjacent to an activating group) is 1. The van der Waals surface area contributed by atoms with Crippen molar-refractivity contribution < 1.29 is 4.79 Å². The van der Waals surface area contributed by atoms with Crippen molar-refractivity contribution in [3.8, 4) is 0 Å². The Hall–Kier alpha value is -1.85. The van der Waals surface area contributed by atoms with Crippen LogP contribution in [0.5, 0.6) is 0 Å². The van der Waals surface area contributed by atoms with Gasteiger partial charge in [0.25, 0.3) is 0 Å². The standard InChI is InChI=1S/C13H21N5O/c1-3-7-14-13-15-8-6-11(17-13)16-10-4-5-12(19)18(2)9-10/h6,8,10H,3-5,7,9H2,1-2H3,(H2,14,15,16,17). The Labute approximate surface area is 113 Å². The molecule has 2 heterocycles. The second-order valence-electron chi connectivity index (χ2n) is 4.85. The van der Waals surface area contributed by atoms with E-state index >= 15 is 0 Å². The first-order valence-electron chi connectivity index (χ1n) is 6.76. The van der Waals surface area contributed by atoms with Crippen LogP contribution in [0, 0.1) is 0 Å². The molecule has 1 aliphatic rings. The molecule has 1 aromatic rings. The Balaban J connectivity index is 1.93. The second kappa shape index (κ2) is 6.36. The molecule has 0 saturated carbocycles. The molecule has 0 radical (unpaired) electrons. The Morgan fingerprint density at radius 2 is 2.37 bits per heavy atom. The Bertz CT molecular complexity index is 437. The molecule has 1 fully saturated rings. The average Bonchev–Trinajstić information content (AvgIpc) is 2.41. The van der Waals surface area contributed by atoms with E-state index in [-0.39, 0.29) is 11.9 Å². The van der Waals surface area contributed by atoms with Crippen LogP contribution in [-0.2, 0) is 4.79 Å². The zero-order valence-electron chi connectivity index (χ0n) is 11.5. The third-order valence-electron chi connectivity index (χ3n) is 3.17. The average molecular weight is 263 g/mol. The van der Waals surface area contributed by atoms with Crippen LogP contribution in [0.3, 0.4) is 0 Å². The maximum Gasteiger partial charge on any atom is 0.224 e. The van der Waals surface area contributed by atoms with Crippen LogP contribution < -0.4 is 10.6 Å². The summed E-state index contributed by atoms with van der Waals surface area (Å²) in [5, 5.41) is 6.52. The molecule has 104 valence electrons. The summed E-state index contributed by atoms with van der Waals surface area (Å²) >= 11 is 0. The minimum absolute atomic E-state index is 0.214. The predicted molar refractivity (Wildman–Crippen MR) is 75.1 cm³/mol. The SMILES string of the molecule is CCCNc1nccc(NC2CCC(=O)N(C)C2)n1. The molecule has 0 bridgehead atoms. The maximum atomic E-state index is 11.4. The van der Waals surface area contributed by atoms with Gasteiger partial charge in [0.05, 0.1) is 0 Å². The van der Waals surface area contributed by atoms with Crippen LogP contribution in [0.4, 0.5) is 11.8 Å². The molecule has 0 spiro atoms. The van der Waals surface area contributed by atoms with Crippen molar-refractivity contribution in [3.63, 3.8) is 0 Å². The highest BCUT2D eigenvalue weighted by molar-refractivity contribution is 5.77. The number of likely N-dealkylation sites (tertiary alicyclic amines) is 1. The number of rotatable bonds is 5. The summed E-state index contributed by atoms with van der Waals surface area (Å²) < 4.78 is 0. The molecule has 1 unspecified atom stereocenters. The predicted octanol–water partition coefficient (Wildman–Crippen LogP) is 1.33. The Morgan fingerprint density at radius 1 is 1.53 bits per heavy atom. The minimum Gasteiger partial charge on any atom is -0.365 e. The quantitative estimate of drug-likeness (QED) is 0.838. The van der Waals surface area contributed by atoms with Gasteiger partial charge in [-0.2, -0.15) is 4.98 Å². The van der Waals surface area contributed by atoms with Crippen molar-refractivity contribution in [1.29, 1.82) is 0 Å². The van der Waals surface area contributed by atoms with Crippen LogP contribution in [0.15, 0.2) is 12.3 Å². The van der Waals surface area contributed by atoms with Gasteiger partial charge in [0.1, 0.15) is 5.82 Å². The molecule has 1 saturated heterocycles. The first-order valence-corrected chi connectivity index (χ1v) is 6.76. The number of nitrogens with one attached hydrogen (secondary N) is 2. The lowest BCUT2D eigenvalue weighted by Crippen LogP contribution is -2.43. The molecule has 19 heavy (non-hydrogen) atoms. The number of nitrogens with zero attached hydrogens (tertiary/aromatic N) is 3. The molecular weight excluding hydrogens is 242 g/mol. The molecule has 6 nitrogen and oxygen atoms in total. The van der Waals surface area contributed by atoms with Gasteiger partial charge >= 0.3 is 0 Å². The highest BCUT2D eigenvalue weighted by Crippen LogP contribution is 2.15. The van der Waals surface area contributed by atoms with Gasteiger partial charge in [0.2, 0.25) is 11.9 Å². The fourth-order valence-electron chi connectivity index (χ4n) is 2.10. The largest absolute Gasteiger partial charge is 0.365 e. The van der Waals surface area contributed by atoms with E-state index in [1.54, 1.807) is 11.1 Å². The van der Waals surface area contributed by atoms with Crippen molar-refractivity contribution in [2.45, 2.75) is 32.2 Å². The summed E-state index contributed by atoms with van der Waals surface area (Å²) in [5.74, 6) is 1.67.